The number of halogens is 1. The molecule has 3 aromatic rings. The third-order valence-electron chi connectivity index (χ3n) is 3.87. The van der Waals surface area contributed by atoms with Crippen LogP contribution in [0.15, 0.2) is 56.8 Å². The molecule has 2 aromatic carbocycles. The predicted octanol–water partition coefficient (Wildman–Crippen LogP) is 3.97. The van der Waals surface area contributed by atoms with Crippen LogP contribution in [-0.4, -0.2) is 37.2 Å². The number of rotatable bonds is 5. The Bertz CT molecular complexity index is 1180. The van der Waals surface area contributed by atoms with Gasteiger partial charge in [-0.15, -0.1) is 0 Å². The zero-order chi connectivity index (χ0) is 19.6. The van der Waals surface area contributed by atoms with E-state index in [2.05, 4.69) is 20.9 Å². The molecule has 0 aliphatic carbocycles. The maximum atomic E-state index is 12.7. The Hall–Kier alpha value is -1.42. The number of aromatic nitrogens is 1. The van der Waals surface area contributed by atoms with E-state index in [1.165, 1.54) is 23.5 Å². The lowest BCUT2D eigenvalue weighted by Crippen LogP contribution is -2.18. The van der Waals surface area contributed by atoms with E-state index in [1.807, 2.05) is 29.0 Å². The van der Waals surface area contributed by atoms with Crippen LogP contribution < -0.4 is 4.80 Å². The fraction of sp³-hybridized carbons (Fsp3) is 0.222. The third kappa shape index (κ3) is 4.71. The number of benzene rings is 2. The Morgan fingerprint density at radius 3 is 2.74 bits per heavy atom. The van der Waals surface area contributed by atoms with Gasteiger partial charge in [-0.2, -0.15) is 16.8 Å². The highest BCUT2D eigenvalue weighted by molar-refractivity contribution is 9.10. The molecule has 5 nitrogen and oxygen atoms in total. The minimum absolute atomic E-state index is 0.110. The van der Waals surface area contributed by atoms with Crippen LogP contribution in [0, 0.1) is 0 Å². The van der Waals surface area contributed by atoms with Crippen LogP contribution in [0.25, 0.3) is 10.2 Å². The molecular weight excluding hydrogens is 468 g/mol. The monoisotopic (exact) mass is 484 g/mol. The number of carbonyl (C=O) groups is 1. The van der Waals surface area contributed by atoms with Gasteiger partial charge in [-0.3, -0.25) is 4.79 Å². The first-order chi connectivity index (χ1) is 12.8. The van der Waals surface area contributed by atoms with E-state index in [1.54, 1.807) is 23.9 Å². The fourth-order valence-corrected chi connectivity index (χ4v) is 5.18. The summed E-state index contributed by atoms with van der Waals surface area (Å²) in [4.78, 5) is 17.7. The lowest BCUT2D eigenvalue weighted by molar-refractivity contribution is 0.0997. The van der Waals surface area contributed by atoms with Crippen LogP contribution in [-0.2, 0) is 16.4 Å². The van der Waals surface area contributed by atoms with Crippen LogP contribution >= 0.6 is 39.0 Å². The highest BCUT2D eigenvalue weighted by Gasteiger charge is 2.13. The van der Waals surface area contributed by atoms with Crippen molar-refractivity contribution < 1.29 is 13.2 Å². The molecule has 3 rings (SSSR count). The van der Waals surface area contributed by atoms with E-state index < -0.39 is 15.7 Å². The Morgan fingerprint density at radius 1 is 1.26 bits per heavy atom. The van der Waals surface area contributed by atoms with Gasteiger partial charge in [0.05, 0.1) is 15.1 Å². The molecule has 1 amide bonds. The summed E-state index contributed by atoms with van der Waals surface area (Å²) >= 11 is 6.63. The molecule has 1 aromatic heterocycles. The highest BCUT2D eigenvalue weighted by Crippen LogP contribution is 2.22. The van der Waals surface area contributed by atoms with E-state index in [9.17, 15) is 13.2 Å². The Kier molecular flexibility index (Phi) is 6.25. The van der Waals surface area contributed by atoms with Crippen molar-refractivity contribution in [3.05, 3.63) is 57.3 Å². The fourth-order valence-electron chi connectivity index (χ4n) is 2.54. The molecule has 0 N–H and O–H groups in total. The second-order valence-corrected chi connectivity index (χ2v) is 10.8. The van der Waals surface area contributed by atoms with Gasteiger partial charge in [0.25, 0.3) is 5.91 Å². The Labute approximate surface area is 174 Å². The second kappa shape index (κ2) is 8.30. The maximum absolute atomic E-state index is 12.7. The van der Waals surface area contributed by atoms with Crippen LogP contribution in [0.4, 0.5) is 0 Å². The standard InChI is InChI=1S/C18H17BrN2O3S3/c1-25-9-8-21-15-7-6-13(19)11-16(15)26-18(21)20-17(22)12-4-3-5-14(10-12)27(2,23)24/h3-7,10-11H,8-9H2,1-2H3. The largest absolute Gasteiger partial charge is 0.316 e. The highest BCUT2D eigenvalue weighted by atomic mass is 79.9. The van der Waals surface area contributed by atoms with Gasteiger partial charge in [0.2, 0.25) is 0 Å². The van der Waals surface area contributed by atoms with E-state index in [4.69, 9.17) is 0 Å². The second-order valence-electron chi connectivity index (χ2n) is 5.86. The number of thioether (sulfide) groups is 1. The number of amides is 1. The summed E-state index contributed by atoms with van der Waals surface area (Å²) in [6.07, 6.45) is 3.15. The molecule has 0 saturated heterocycles. The van der Waals surface area contributed by atoms with E-state index in [0.29, 0.717) is 4.80 Å². The number of hydrogen-bond donors (Lipinski definition) is 0. The lowest BCUT2D eigenvalue weighted by atomic mass is 10.2. The molecule has 0 spiro atoms. The van der Waals surface area contributed by atoms with E-state index in [0.717, 1.165) is 33.2 Å². The molecule has 0 radical (unpaired) electrons. The zero-order valence-electron chi connectivity index (χ0n) is 14.7. The van der Waals surface area contributed by atoms with Crippen molar-refractivity contribution in [3.63, 3.8) is 0 Å². The number of nitrogens with zero attached hydrogens (tertiary/aromatic N) is 2. The molecule has 0 aliphatic heterocycles. The van der Waals surface area contributed by atoms with Gasteiger partial charge in [-0.1, -0.05) is 33.3 Å². The smallest absolute Gasteiger partial charge is 0.279 e. The van der Waals surface area contributed by atoms with Gasteiger partial charge in [-0.05, 0) is 42.7 Å². The van der Waals surface area contributed by atoms with Crippen LogP contribution in [0.3, 0.4) is 0 Å². The summed E-state index contributed by atoms with van der Waals surface area (Å²) in [6, 6.07) is 12.0. The quantitative estimate of drug-likeness (QED) is 0.549. The molecule has 9 heteroatoms. The van der Waals surface area contributed by atoms with E-state index in [-0.39, 0.29) is 10.5 Å². The van der Waals surface area contributed by atoms with Crippen molar-refractivity contribution in [2.24, 2.45) is 4.99 Å². The van der Waals surface area contributed by atoms with Crippen LogP contribution in [0.1, 0.15) is 10.4 Å². The molecule has 0 bridgehead atoms. The summed E-state index contributed by atoms with van der Waals surface area (Å²) in [6.45, 7) is 0.734. The van der Waals surface area contributed by atoms with Gasteiger partial charge in [0.1, 0.15) is 0 Å². The number of carbonyl (C=O) groups excluding carboxylic acids is 1. The summed E-state index contributed by atoms with van der Waals surface area (Å²) in [5, 5.41) is 0. The molecule has 27 heavy (non-hydrogen) atoms. The summed E-state index contributed by atoms with van der Waals surface area (Å²) in [5.74, 6) is 0.441. The number of sulfone groups is 1. The van der Waals surface area contributed by atoms with Crippen molar-refractivity contribution in [1.29, 1.82) is 0 Å². The molecule has 0 fully saturated rings. The topological polar surface area (TPSA) is 68.5 Å². The minimum atomic E-state index is -3.38. The molecule has 1 heterocycles. The molecule has 0 unspecified atom stereocenters. The van der Waals surface area contributed by atoms with Gasteiger partial charge < -0.3 is 4.57 Å². The van der Waals surface area contributed by atoms with Gasteiger partial charge in [0.15, 0.2) is 14.6 Å². The minimum Gasteiger partial charge on any atom is -0.316 e. The molecule has 0 aliphatic rings. The van der Waals surface area contributed by atoms with Crippen molar-refractivity contribution in [2.75, 3.05) is 18.3 Å². The molecular formula is C18H17BrN2O3S3. The van der Waals surface area contributed by atoms with Gasteiger partial charge in [0, 0.05) is 28.6 Å². The first kappa shape index (κ1) is 20.3. The van der Waals surface area contributed by atoms with Crippen LogP contribution in [0.2, 0.25) is 0 Å². The van der Waals surface area contributed by atoms with Gasteiger partial charge in [-0.25, -0.2) is 8.42 Å². The summed E-state index contributed by atoms with van der Waals surface area (Å²) in [7, 11) is -3.38. The Morgan fingerprint density at radius 2 is 2.04 bits per heavy atom. The van der Waals surface area contributed by atoms with E-state index >= 15 is 0 Å². The summed E-state index contributed by atoms with van der Waals surface area (Å²) < 4.78 is 27.5. The summed E-state index contributed by atoms with van der Waals surface area (Å²) in [5.41, 5.74) is 1.28. The number of hydrogen-bond acceptors (Lipinski definition) is 5. The van der Waals surface area contributed by atoms with Crippen molar-refractivity contribution >= 4 is 65.0 Å². The predicted molar refractivity (Wildman–Crippen MR) is 115 cm³/mol. The molecule has 0 saturated carbocycles. The average Bonchev–Trinajstić information content (AvgIpc) is 2.95. The zero-order valence-corrected chi connectivity index (χ0v) is 18.7. The Balaban J connectivity index is 2.11. The first-order valence-corrected chi connectivity index (χ1v) is 12.9. The van der Waals surface area contributed by atoms with Crippen molar-refractivity contribution in [2.45, 2.75) is 11.4 Å². The number of fused-ring (bicyclic) bond motifs is 1. The van der Waals surface area contributed by atoms with Crippen molar-refractivity contribution in [1.82, 2.24) is 4.57 Å². The van der Waals surface area contributed by atoms with Crippen molar-refractivity contribution in [3.8, 4) is 0 Å². The van der Waals surface area contributed by atoms with Gasteiger partial charge >= 0.3 is 0 Å². The normalized spacial score (nSPS) is 12.6. The third-order valence-corrected chi connectivity index (χ3v) is 7.11. The number of aryl methyl sites for hydroxylation is 1. The first-order valence-electron chi connectivity index (χ1n) is 7.96. The molecule has 142 valence electrons. The maximum Gasteiger partial charge on any atom is 0.279 e. The molecule has 0 atom stereocenters. The number of thiazole rings is 1. The SMILES string of the molecule is CSCCn1c(=NC(=O)c2cccc(S(C)(=O)=O)c2)sc2cc(Br)ccc21. The lowest BCUT2D eigenvalue weighted by Gasteiger charge is -2.04. The van der Waals surface area contributed by atoms with Crippen LogP contribution in [0.5, 0.6) is 0 Å². The average molecular weight is 485 g/mol.